The van der Waals surface area contributed by atoms with Gasteiger partial charge in [0.05, 0.1) is 17.1 Å². The zero-order chi connectivity index (χ0) is 14.6. The van der Waals surface area contributed by atoms with E-state index in [1.807, 2.05) is 0 Å². The standard InChI is InChI=1S/C12H17NO5S/c1-3-13(6-7-14)19(17,18)11-8-10(12(15)16)5-4-9(11)2/h4-5,8,14H,3,6-7H2,1-2H3,(H,15,16). The van der Waals surface area contributed by atoms with Crippen molar-refractivity contribution in [2.75, 3.05) is 19.7 Å². The predicted molar refractivity (Wildman–Crippen MR) is 69.7 cm³/mol. The van der Waals surface area contributed by atoms with Gasteiger partial charge in [-0.2, -0.15) is 4.31 Å². The quantitative estimate of drug-likeness (QED) is 0.803. The van der Waals surface area contributed by atoms with Crippen molar-refractivity contribution in [3.05, 3.63) is 29.3 Å². The second kappa shape index (κ2) is 6.14. The highest BCUT2D eigenvalue weighted by atomic mass is 32.2. The van der Waals surface area contributed by atoms with Crippen molar-refractivity contribution < 1.29 is 23.4 Å². The molecule has 0 aliphatic heterocycles. The molecule has 1 rings (SSSR count). The average Bonchev–Trinajstić information content (AvgIpc) is 2.35. The van der Waals surface area contributed by atoms with Crippen LogP contribution in [0.5, 0.6) is 0 Å². The van der Waals surface area contributed by atoms with Crippen molar-refractivity contribution in [3.8, 4) is 0 Å². The summed E-state index contributed by atoms with van der Waals surface area (Å²) in [4.78, 5) is 10.9. The number of aliphatic hydroxyl groups excluding tert-OH is 1. The maximum absolute atomic E-state index is 12.4. The van der Waals surface area contributed by atoms with Crippen LogP contribution in [0, 0.1) is 6.92 Å². The van der Waals surface area contributed by atoms with E-state index < -0.39 is 16.0 Å². The molecule has 0 saturated heterocycles. The Bertz CT molecular complexity index is 567. The number of carboxylic acids is 1. The molecule has 106 valence electrons. The number of carboxylic acid groups (broad SMARTS) is 1. The number of likely N-dealkylation sites (N-methyl/N-ethyl adjacent to an activating group) is 1. The Kier molecular flexibility index (Phi) is 5.04. The lowest BCUT2D eigenvalue weighted by Gasteiger charge is -2.20. The lowest BCUT2D eigenvalue weighted by atomic mass is 10.1. The highest BCUT2D eigenvalue weighted by molar-refractivity contribution is 7.89. The minimum Gasteiger partial charge on any atom is -0.478 e. The molecule has 1 aromatic rings. The van der Waals surface area contributed by atoms with Crippen LogP contribution < -0.4 is 0 Å². The van der Waals surface area contributed by atoms with Gasteiger partial charge in [-0.15, -0.1) is 0 Å². The molecular weight excluding hydrogens is 270 g/mol. The summed E-state index contributed by atoms with van der Waals surface area (Å²) in [6, 6.07) is 3.97. The van der Waals surface area contributed by atoms with E-state index in [0.717, 1.165) is 10.4 Å². The highest BCUT2D eigenvalue weighted by Gasteiger charge is 2.25. The summed E-state index contributed by atoms with van der Waals surface area (Å²) in [6.07, 6.45) is 0. The Hall–Kier alpha value is -1.44. The van der Waals surface area contributed by atoms with E-state index in [2.05, 4.69) is 0 Å². The number of aliphatic hydroxyl groups is 1. The van der Waals surface area contributed by atoms with Crippen LogP contribution in [0.15, 0.2) is 23.1 Å². The average molecular weight is 287 g/mol. The SMILES string of the molecule is CCN(CCO)S(=O)(=O)c1cc(C(=O)O)ccc1C. The largest absolute Gasteiger partial charge is 0.478 e. The van der Waals surface area contributed by atoms with E-state index in [1.54, 1.807) is 13.8 Å². The Morgan fingerprint density at radius 3 is 2.47 bits per heavy atom. The number of sulfonamides is 1. The Balaban J connectivity index is 3.34. The van der Waals surface area contributed by atoms with Crippen LogP contribution in [0.4, 0.5) is 0 Å². The van der Waals surface area contributed by atoms with E-state index in [-0.39, 0.29) is 30.2 Å². The van der Waals surface area contributed by atoms with Gasteiger partial charge in [0.25, 0.3) is 0 Å². The fourth-order valence-electron chi connectivity index (χ4n) is 1.71. The monoisotopic (exact) mass is 287 g/mol. The molecular formula is C12H17NO5S. The lowest BCUT2D eigenvalue weighted by molar-refractivity contribution is 0.0696. The predicted octanol–water partition coefficient (Wildman–Crippen LogP) is 0.696. The first-order valence-electron chi connectivity index (χ1n) is 5.79. The summed E-state index contributed by atoms with van der Waals surface area (Å²) < 4.78 is 25.9. The molecule has 0 spiro atoms. The first-order chi connectivity index (χ1) is 8.84. The molecule has 7 heteroatoms. The molecule has 0 unspecified atom stereocenters. The maximum Gasteiger partial charge on any atom is 0.335 e. The zero-order valence-electron chi connectivity index (χ0n) is 10.8. The van der Waals surface area contributed by atoms with Gasteiger partial charge in [0, 0.05) is 13.1 Å². The van der Waals surface area contributed by atoms with Gasteiger partial charge in [0.1, 0.15) is 0 Å². The second-order valence-electron chi connectivity index (χ2n) is 4.01. The van der Waals surface area contributed by atoms with E-state index in [0.29, 0.717) is 5.56 Å². The molecule has 0 aliphatic carbocycles. The molecule has 0 saturated carbocycles. The van der Waals surface area contributed by atoms with Gasteiger partial charge < -0.3 is 10.2 Å². The van der Waals surface area contributed by atoms with Crippen LogP contribution in [0.3, 0.4) is 0 Å². The van der Waals surface area contributed by atoms with Crippen molar-refractivity contribution in [3.63, 3.8) is 0 Å². The first-order valence-corrected chi connectivity index (χ1v) is 7.23. The molecule has 0 radical (unpaired) electrons. The van der Waals surface area contributed by atoms with E-state index in [4.69, 9.17) is 10.2 Å². The fourth-order valence-corrected chi connectivity index (χ4v) is 3.40. The van der Waals surface area contributed by atoms with Crippen LogP contribution >= 0.6 is 0 Å². The smallest absolute Gasteiger partial charge is 0.335 e. The fraction of sp³-hybridized carbons (Fsp3) is 0.417. The lowest BCUT2D eigenvalue weighted by Crippen LogP contribution is -2.33. The minimum absolute atomic E-state index is 0.0183. The summed E-state index contributed by atoms with van der Waals surface area (Å²) in [6.45, 7) is 3.16. The molecule has 6 nitrogen and oxygen atoms in total. The third-order valence-corrected chi connectivity index (χ3v) is 4.87. The summed E-state index contributed by atoms with van der Waals surface area (Å²) in [5.41, 5.74) is 0.394. The van der Waals surface area contributed by atoms with E-state index in [9.17, 15) is 13.2 Å². The van der Waals surface area contributed by atoms with Crippen LogP contribution in [0.1, 0.15) is 22.8 Å². The third-order valence-electron chi connectivity index (χ3n) is 2.76. The number of benzene rings is 1. The van der Waals surface area contributed by atoms with Crippen molar-refractivity contribution in [1.82, 2.24) is 4.31 Å². The molecule has 2 N–H and O–H groups in total. The normalized spacial score (nSPS) is 11.8. The van der Waals surface area contributed by atoms with Gasteiger partial charge in [0.15, 0.2) is 0 Å². The van der Waals surface area contributed by atoms with Crippen LogP contribution in [0.25, 0.3) is 0 Å². The Morgan fingerprint density at radius 2 is 2.00 bits per heavy atom. The van der Waals surface area contributed by atoms with Crippen molar-refractivity contribution in [2.24, 2.45) is 0 Å². The highest BCUT2D eigenvalue weighted by Crippen LogP contribution is 2.21. The molecule has 0 atom stereocenters. The molecule has 0 heterocycles. The summed E-state index contributed by atoms with van der Waals surface area (Å²) in [5, 5.41) is 17.8. The number of hydrogen-bond donors (Lipinski definition) is 2. The van der Waals surface area contributed by atoms with Crippen molar-refractivity contribution in [1.29, 1.82) is 0 Å². The summed E-state index contributed by atoms with van der Waals surface area (Å²) >= 11 is 0. The van der Waals surface area contributed by atoms with Gasteiger partial charge in [-0.3, -0.25) is 0 Å². The number of nitrogens with zero attached hydrogens (tertiary/aromatic N) is 1. The van der Waals surface area contributed by atoms with Crippen LogP contribution in [-0.4, -0.2) is 48.6 Å². The molecule has 1 aromatic carbocycles. The maximum atomic E-state index is 12.4. The number of aryl methyl sites for hydroxylation is 1. The number of carbonyl (C=O) groups is 1. The van der Waals surface area contributed by atoms with Gasteiger partial charge in [-0.1, -0.05) is 13.0 Å². The molecule has 19 heavy (non-hydrogen) atoms. The molecule has 0 amide bonds. The van der Waals surface area contributed by atoms with Crippen LogP contribution in [-0.2, 0) is 10.0 Å². The number of aromatic carboxylic acids is 1. The van der Waals surface area contributed by atoms with Gasteiger partial charge in [0.2, 0.25) is 10.0 Å². The van der Waals surface area contributed by atoms with Crippen molar-refractivity contribution in [2.45, 2.75) is 18.7 Å². The summed E-state index contributed by atoms with van der Waals surface area (Å²) in [5.74, 6) is -1.18. The van der Waals surface area contributed by atoms with Crippen molar-refractivity contribution >= 4 is 16.0 Å². The third kappa shape index (κ3) is 3.31. The van der Waals surface area contributed by atoms with Gasteiger partial charge in [-0.25, -0.2) is 13.2 Å². The number of rotatable bonds is 6. The van der Waals surface area contributed by atoms with E-state index in [1.165, 1.54) is 12.1 Å². The van der Waals surface area contributed by atoms with E-state index >= 15 is 0 Å². The molecule has 0 aliphatic rings. The minimum atomic E-state index is -3.79. The Labute approximate surface area is 112 Å². The first kappa shape index (κ1) is 15.6. The number of hydrogen-bond acceptors (Lipinski definition) is 4. The zero-order valence-corrected chi connectivity index (χ0v) is 11.6. The topological polar surface area (TPSA) is 94.9 Å². The van der Waals surface area contributed by atoms with Gasteiger partial charge >= 0.3 is 5.97 Å². The molecule has 0 bridgehead atoms. The van der Waals surface area contributed by atoms with Crippen LogP contribution in [0.2, 0.25) is 0 Å². The van der Waals surface area contributed by atoms with Gasteiger partial charge in [-0.05, 0) is 24.6 Å². The Morgan fingerprint density at radius 1 is 1.37 bits per heavy atom. The summed E-state index contributed by atoms with van der Waals surface area (Å²) in [7, 11) is -3.79. The molecule has 0 aromatic heterocycles. The second-order valence-corrected chi connectivity index (χ2v) is 5.91. The molecule has 0 fully saturated rings.